The molecule has 0 aromatic carbocycles. The number of hydrogen-bond acceptors (Lipinski definition) is 3. The quantitative estimate of drug-likeness (QED) is 0.542. The van der Waals surface area contributed by atoms with Crippen molar-refractivity contribution in [2.45, 2.75) is 6.42 Å². The standard InChI is InChI=1S/C8H10N2S/c9-4-6-10-5-3-8-2-1-7-11-8/h1-2,7,10H,3,5-6H2. The first kappa shape index (κ1) is 8.25. The zero-order chi connectivity index (χ0) is 7.94. The summed E-state index contributed by atoms with van der Waals surface area (Å²) in [5, 5.41) is 13.3. The van der Waals surface area contributed by atoms with Crippen molar-refractivity contribution >= 4 is 11.3 Å². The fourth-order valence-corrected chi connectivity index (χ4v) is 1.52. The Hall–Kier alpha value is -0.850. The lowest BCUT2D eigenvalue weighted by Gasteiger charge is -1.95. The van der Waals surface area contributed by atoms with Crippen molar-refractivity contribution in [1.82, 2.24) is 5.32 Å². The predicted octanol–water partition coefficient (Wildman–Crippen LogP) is 1.40. The van der Waals surface area contributed by atoms with Crippen molar-refractivity contribution in [2.24, 2.45) is 0 Å². The van der Waals surface area contributed by atoms with E-state index in [9.17, 15) is 0 Å². The van der Waals surface area contributed by atoms with Gasteiger partial charge in [-0.1, -0.05) is 6.07 Å². The first-order valence-corrected chi connectivity index (χ1v) is 4.41. The summed E-state index contributed by atoms with van der Waals surface area (Å²) in [6, 6.07) is 6.20. The summed E-state index contributed by atoms with van der Waals surface area (Å²) >= 11 is 1.76. The van der Waals surface area contributed by atoms with Crippen molar-refractivity contribution in [3.05, 3.63) is 22.4 Å². The summed E-state index contributed by atoms with van der Waals surface area (Å²) in [7, 11) is 0. The third kappa shape index (κ3) is 3.17. The van der Waals surface area contributed by atoms with E-state index < -0.39 is 0 Å². The van der Waals surface area contributed by atoms with E-state index in [1.54, 1.807) is 11.3 Å². The molecule has 0 fully saturated rings. The first-order chi connectivity index (χ1) is 5.43. The van der Waals surface area contributed by atoms with Crippen LogP contribution in [0.2, 0.25) is 0 Å². The Balaban J connectivity index is 2.10. The molecule has 1 heterocycles. The fraction of sp³-hybridized carbons (Fsp3) is 0.375. The monoisotopic (exact) mass is 166 g/mol. The van der Waals surface area contributed by atoms with Gasteiger partial charge in [0.1, 0.15) is 0 Å². The smallest absolute Gasteiger partial charge is 0.0841 e. The Morgan fingerprint density at radius 1 is 1.64 bits per heavy atom. The third-order valence-corrected chi connectivity index (χ3v) is 2.27. The SMILES string of the molecule is N#CCNCCc1cccs1. The van der Waals surface area contributed by atoms with Crippen LogP contribution >= 0.6 is 11.3 Å². The van der Waals surface area contributed by atoms with E-state index >= 15 is 0 Å². The molecule has 0 spiro atoms. The lowest BCUT2D eigenvalue weighted by Crippen LogP contribution is -2.16. The number of rotatable bonds is 4. The van der Waals surface area contributed by atoms with Crippen LogP contribution in [0.5, 0.6) is 0 Å². The van der Waals surface area contributed by atoms with Crippen molar-refractivity contribution in [2.75, 3.05) is 13.1 Å². The van der Waals surface area contributed by atoms with Gasteiger partial charge in [0.25, 0.3) is 0 Å². The van der Waals surface area contributed by atoms with E-state index in [1.165, 1.54) is 4.88 Å². The molecule has 1 N–H and O–H groups in total. The topological polar surface area (TPSA) is 35.8 Å². The molecular weight excluding hydrogens is 156 g/mol. The molecule has 0 saturated carbocycles. The summed E-state index contributed by atoms with van der Waals surface area (Å²) in [5.41, 5.74) is 0. The van der Waals surface area contributed by atoms with Gasteiger partial charge in [0.05, 0.1) is 12.6 Å². The number of thiophene rings is 1. The van der Waals surface area contributed by atoms with Crippen LogP contribution < -0.4 is 5.32 Å². The van der Waals surface area contributed by atoms with Crippen LogP contribution in [0.1, 0.15) is 4.88 Å². The predicted molar refractivity (Wildman–Crippen MR) is 46.5 cm³/mol. The largest absolute Gasteiger partial charge is 0.304 e. The molecule has 58 valence electrons. The molecule has 0 aliphatic rings. The second-order valence-corrected chi connectivity index (χ2v) is 3.20. The second kappa shape index (κ2) is 4.89. The van der Waals surface area contributed by atoms with E-state index in [0.29, 0.717) is 6.54 Å². The minimum Gasteiger partial charge on any atom is -0.304 e. The van der Waals surface area contributed by atoms with E-state index in [2.05, 4.69) is 16.8 Å². The van der Waals surface area contributed by atoms with Crippen LogP contribution in [-0.2, 0) is 6.42 Å². The molecule has 3 heteroatoms. The zero-order valence-corrected chi connectivity index (χ0v) is 7.03. The van der Waals surface area contributed by atoms with Gasteiger partial charge in [0.15, 0.2) is 0 Å². The highest BCUT2D eigenvalue weighted by atomic mass is 32.1. The van der Waals surface area contributed by atoms with Gasteiger partial charge in [-0.25, -0.2) is 0 Å². The normalized spacial score (nSPS) is 9.36. The van der Waals surface area contributed by atoms with Gasteiger partial charge < -0.3 is 5.32 Å². The van der Waals surface area contributed by atoms with Gasteiger partial charge in [0, 0.05) is 11.4 Å². The minimum absolute atomic E-state index is 0.450. The van der Waals surface area contributed by atoms with Crippen LogP contribution in [0.3, 0.4) is 0 Å². The molecule has 1 aromatic rings. The zero-order valence-electron chi connectivity index (χ0n) is 6.21. The summed E-state index contributed by atoms with van der Waals surface area (Å²) in [6.07, 6.45) is 1.03. The lowest BCUT2D eigenvalue weighted by molar-refractivity contribution is 0.755. The fourth-order valence-electron chi connectivity index (χ4n) is 0.811. The number of hydrogen-bond donors (Lipinski definition) is 1. The van der Waals surface area contributed by atoms with Crippen LogP contribution in [0, 0.1) is 11.3 Å². The van der Waals surface area contributed by atoms with Gasteiger partial charge >= 0.3 is 0 Å². The number of nitrogens with zero attached hydrogens (tertiary/aromatic N) is 1. The molecule has 1 rings (SSSR count). The first-order valence-electron chi connectivity index (χ1n) is 3.53. The molecule has 11 heavy (non-hydrogen) atoms. The van der Waals surface area contributed by atoms with Gasteiger partial charge in [0.2, 0.25) is 0 Å². The molecule has 0 amide bonds. The maximum absolute atomic E-state index is 8.21. The van der Waals surface area contributed by atoms with E-state index in [1.807, 2.05) is 12.1 Å². The highest BCUT2D eigenvalue weighted by Crippen LogP contribution is 2.07. The molecule has 0 atom stereocenters. The molecule has 0 aliphatic carbocycles. The molecule has 1 aromatic heterocycles. The summed E-state index contributed by atoms with van der Waals surface area (Å²) < 4.78 is 0. The summed E-state index contributed by atoms with van der Waals surface area (Å²) in [4.78, 5) is 1.37. The Labute approximate surface area is 70.5 Å². The molecule has 0 bridgehead atoms. The highest BCUT2D eigenvalue weighted by Gasteiger charge is 1.91. The van der Waals surface area contributed by atoms with Gasteiger partial charge in [-0.2, -0.15) is 5.26 Å². The van der Waals surface area contributed by atoms with Crippen LogP contribution in [-0.4, -0.2) is 13.1 Å². The van der Waals surface area contributed by atoms with Crippen LogP contribution in [0.4, 0.5) is 0 Å². The number of nitrogens with one attached hydrogen (secondary N) is 1. The Kier molecular flexibility index (Phi) is 3.67. The molecule has 2 nitrogen and oxygen atoms in total. The molecule has 0 aliphatic heterocycles. The van der Waals surface area contributed by atoms with Crippen molar-refractivity contribution in [3.63, 3.8) is 0 Å². The average Bonchev–Trinajstić information content (AvgIpc) is 2.50. The minimum atomic E-state index is 0.450. The Bertz CT molecular complexity index is 223. The van der Waals surface area contributed by atoms with Crippen LogP contribution in [0.25, 0.3) is 0 Å². The molecular formula is C8H10N2S. The lowest BCUT2D eigenvalue weighted by atomic mass is 10.3. The maximum atomic E-state index is 8.21. The van der Waals surface area contributed by atoms with Gasteiger partial charge in [-0.05, 0) is 17.9 Å². The van der Waals surface area contributed by atoms with Crippen LogP contribution in [0.15, 0.2) is 17.5 Å². The van der Waals surface area contributed by atoms with Crippen molar-refractivity contribution < 1.29 is 0 Å². The maximum Gasteiger partial charge on any atom is 0.0841 e. The molecule has 0 saturated heterocycles. The average molecular weight is 166 g/mol. The highest BCUT2D eigenvalue weighted by molar-refractivity contribution is 7.09. The third-order valence-electron chi connectivity index (χ3n) is 1.33. The van der Waals surface area contributed by atoms with E-state index in [4.69, 9.17) is 5.26 Å². The molecule has 0 radical (unpaired) electrons. The van der Waals surface area contributed by atoms with Gasteiger partial charge in [-0.15, -0.1) is 11.3 Å². The van der Waals surface area contributed by atoms with Crippen molar-refractivity contribution in [3.8, 4) is 6.07 Å². The van der Waals surface area contributed by atoms with E-state index in [-0.39, 0.29) is 0 Å². The summed E-state index contributed by atoms with van der Waals surface area (Å²) in [6.45, 7) is 1.35. The second-order valence-electron chi connectivity index (χ2n) is 2.16. The Morgan fingerprint density at radius 2 is 2.55 bits per heavy atom. The molecule has 0 unspecified atom stereocenters. The van der Waals surface area contributed by atoms with Gasteiger partial charge in [-0.3, -0.25) is 0 Å². The summed E-state index contributed by atoms with van der Waals surface area (Å²) in [5.74, 6) is 0. The Morgan fingerprint density at radius 3 is 3.18 bits per heavy atom. The van der Waals surface area contributed by atoms with E-state index in [0.717, 1.165) is 13.0 Å². The number of nitriles is 1. The van der Waals surface area contributed by atoms with Crippen molar-refractivity contribution in [1.29, 1.82) is 5.26 Å².